The molecule has 0 unspecified atom stereocenters. The second kappa shape index (κ2) is 5.33. The van der Waals surface area contributed by atoms with Crippen LogP contribution < -0.4 is 5.32 Å². The van der Waals surface area contributed by atoms with Gasteiger partial charge < -0.3 is 10.4 Å². The largest absolute Gasteiger partial charge is 0.395 e. The number of aliphatic hydroxyl groups excluding tert-OH is 1. The molecule has 8 nitrogen and oxygen atoms in total. The Hall–Kier alpha value is -3.00. The fourth-order valence-corrected chi connectivity index (χ4v) is 2.56. The maximum atomic E-state index is 12.2. The van der Waals surface area contributed by atoms with Gasteiger partial charge in [-0.25, -0.2) is 0 Å². The van der Waals surface area contributed by atoms with Crippen LogP contribution in [0.5, 0.6) is 0 Å². The quantitative estimate of drug-likeness (QED) is 0.730. The third kappa shape index (κ3) is 2.20. The summed E-state index contributed by atoms with van der Waals surface area (Å²) >= 11 is 0. The lowest BCUT2D eigenvalue weighted by atomic mass is 10.1. The van der Waals surface area contributed by atoms with E-state index in [2.05, 4.69) is 5.32 Å². The molecule has 0 fully saturated rings. The lowest BCUT2D eigenvalue weighted by Crippen LogP contribution is -2.34. The first-order chi connectivity index (χ1) is 11.0. The van der Waals surface area contributed by atoms with Gasteiger partial charge >= 0.3 is 0 Å². The number of rotatable bonds is 4. The molecule has 2 aliphatic heterocycles. The van der Waals surface area contributed by atoms with Crippen molar-refractivity contribution in [2.45, 2.75) is 0 Å². The van der Waals surface area contributed by atoms with Gasteiger partial charge in [0.05, 0.1) is 30.0 Å². The summed E-state index contributed by atoms with van der Waals surface area (Å²) in [5.74, 6) is -2.03. The Bertz CT molecular complexity index is 783. The molecule has 1 aromatic rings. The summed E-state index contributed by atoms with van der Waals surface area (Å²) in [6.45, 7) is -0.441. The molecule has 2 heterocycles. The number of nitrogens with zero attached hydrogens (tertiary/aromatic N) is 2. The first-order valence-electron chi connectivity index (χ1n) is 6.86. The molecule has 0 saturated heterocycles. The predicted octanol–water partition coefficient (Wildman–Crippen LogP) is -0.431. The van der Waals surface area contributed by atoms with Crippen LogP contribution in [0.4, 0.5) is 5.69 Å². The van der Waals surface area contributed by atoms with E-state index in [0.29, 0.717) is 0 Å². The summed E-state index contributed by atoms with van der Waals surface area (Å²) in [5.41, 5.74) is 0.684. The highest BCUT2D eigenvalue weighted by molar-refractivity contribution is 6.24. The molecule has 0 aliphatic carbocycles. The Morgan fingerprint density at radius 3 is 2.52 bits per heavy atom. The number of carbonyl (C=O) groups excluding carboxylic acids is 4. The number of aliphatic hydroxyl groups is 1. The van der Waals surface area contributed by atoms with Crippen LogP contribution in [0.2, 0.25) is 0 Å². The molecule has 0 atom stereocenters. The number of benzene rings is 1. The highest BCUT2D eigenvalue weighted by Gasteiger charge is 2.36. The molecule has 0 saturated carbocycles. The van der Waals surface area contributed by atoms with Crippen LogP contribution in [0.25, 0.3) is 0 Å². The van der Waals surface area contributed by atoms with Gasteiger partial charge in [-0.05, 0) is 12.1 Å². The Labute approximate surface area is 131 Å². The first kappa shape index (κ1) is 14.9. The molecule has 1 aromatic carbocycles. The molecular formula is C15H13N3O5. The van der Waals surface area contributed by atoms with Crippen molar-refractivity contribution < 1.29 is 24.3 Å². The summed E-state index contributed by atoms with van der Waals surface area (Å²) in [4.78, 5) is 49.9. The smallest absolute Gasteiger partial charge is 0.277 e. The molecular weight excluding hydrogens is 302 g/mol. The second-order valence-corrected chi connectivity index (χ2v) is 5.10. The van der Waals surface area contributed by atoms with E-state index < -0.39 is 23.6 Å². The molecule has 2 N–H and O–H groups in total. The molecule has 0 radical (unpaired) electrons. The van der Waals surface area contributed by atoms with Gasteiger partial charge in [-0.2, -0.15) is 0 Å². The number of hydrogen-bond donors (Lipinski definition) is 2. The van der Waals surface area contributed by atoms with Crippen molar-refractivity contribution in [1.82, 2.24) is 9.80 Å². The van der Waals surface area contributed by atoms with E-state index in [1.807, 2.05) is 0 Å². The van der Waals surface area contributed by atoms with Crippen molar-refractivity contribution in [1.29, 1.82) is 0 Å². The van der Waals surface area contributed by atoms with Crippen molar-refractivity contribution in [3.05, 3.63) is 41.1 Å². The van der Waals surface area contributed by atoms with E-state index in [9.17, 15) is 19.2 Å². The molecule has 8 heteroatoms. The van der Waals surface area contributed by atoms with Crippen LogP contribution in [0, 0.1) is 0 Å². The molecule has 4 amide bonds. The number of amides is 4. The summed E-state index contributed by atoms with van der Waals surface area (Å²) in [7, 11) is 1.38. The van der Waals surface area contributed by atoms with Crippen molar-refractivity contribution in [2.24, 2.45) is 0 Å². The molecule has 0 aromatic heterocycles. The molecule has 0 bridgehead atoms. The van der Waals surface area contributed by atoms with Crippen molar-refractivity contribution in [3.63, 3.8) is 0 Å². The fourth-order valence-electron chi connectivity index (χ4n) is 2.56. The highest BCUT2D eigenvalue weighted by Crippen LogP contribution is 2.30. The van der Waals surface area contributed by atoms with Gasteiger partial charge in [0.1, 0.15) is 5.70 Å². The summed E-state index contributed by atoms with van der Waals surface area (Å²) < 4.78 is 0. The third-order valence-electron chi connectivity index (χ3n) is 3.72. The lowest BCUT2D eigenvalue weighted by molar-refractivity contribution is -0.137. The van der Waals surface area contributed by atoms with Gasteiger partial charge in [0.25, 0.3) is 23.6 Å². The average molecular weight is 315 g/mol. The Morgan fingerprint density at radius 2 is 1.83 bits per heavy atom. The van der Waals surface area contributed by atoms with Crippen molar-refractivity contribution in [2.75, 3.05) is 25.5 Å². The van der Waals surface area contributed by atoms with Crippen molar-refractivity contribution >= 4 is 29.3 Å². The van der Waals surface area contributed by atoms with Crippen LogP contribution in [0.1, 0.15) is 20.7 Å². The lowest BCUT2D eigenvalue weighted by Gasteiger charge is -2.14. The molecule has 118 valence electrons. The first-order valence-corrected chi connectivity index (χ1v) is 6.86. The van der Waals surface area contributed by atoms with E-state index in [1.54, 1.807) is 12.1 Å². The Balaban J connectivity index is 1.94. The number of anilines is 1. The predicted molar refractivity (Wildman–Crippen MR) is 78.4 cm³/mol. The summed E-state index contributed by atoms with van der Waals surface area (Å²) in [6, 6.07) is 4.66. The topological polar surface area (TPSA) is 107 Å². The van der Waals surface area contributed by atoms with Gasteiger partial charge in [-0.1, -0.05) is 6.07 Å². The van der Waals surface area contributed by atoms with E-state index in [-0.39, 0.29) is 35.7 Å². The van der Waals surface area contributed by atoms with Crippen LogP contribution in [0.15, 0.2) is 30.0 Å². The van der Waals surface area contributed by atoms with Gasteiger partial charge in [-0.3, -0.25) is 29.0 Å². The van der Waals surface area contributed by atoms with Crippen LogP contribution in [0.3, 0.4) is 0 Å². The Kier molecular flexibility index (Phi) is 3.45. The normalized spacial score (nSPS) is 17.0. The second-order valence-electron chi connectivity index (χ2n) is 5.10. The zero-order valence-corrected chi connectivity index (χ0v) is 12.2. The summed E-state index contributed by atoms with van der Waals surface area (Å²) in [6.07, 6.45) is 1.10. The molecule has 2 aliphatic rings. The van der Waals surface area contributed by atoms with E-state index in [4.69, 9.17) is 5.11 Å². The zero-order chi connectivity index (χ0) is 16.7. The van der Waals surface area contributed by atoms with Gasteiger partial charge in [0.2, 0.25) is 0 Å². The molecule has 0 spiro atoms. The van der Waals surface area contributed by atoms with E-state index in [0.717, 1.165) is 15.9 Å². The van der Waals surface area contributed by atoms with Crippen LogP contribution in [-0.2, 0) is 9.59 Å². The van der Waals surface area contributed by atoms with Gasteiger partial charge in [0.15, 0.2) is 0 Å². The number of β-amino-alcohol motifs (C(OH)–C–C–N with tert-alkyl or cyclic N) is 1. The van der Waals surface area contributed by atoms with Crippen molar-refractivity contribution in [3.8, 4) is 0 Å². The standard InChI is InChI=1S/C15H13N3O5/c1-17-13(21)8-3-2-4-9(12(8)15(17)23)16-10-7-11(20)18(5-6-19)14(10)22/h2-4,7,16,19H,5-6H2,1H3. The average Bonchev–Trinajstić information content (AvgIpc) is 2.92. The minimum absolute atomic E-state index is 0.00773. The minimum atomic E-state index is -0.591. The summed E-state index contributed by atoms with van der Waals surface area (Å²) in [5, 5.41) is 11.6. The van der Waals surface area contributed by atoms with E-state index >= 15 is 0 Å². The Morgan fingerprint density at radius 1 is 1.09 bits per heavy atom. The number of carbonyl (C=O) groups is 4. The number of nitrogens with one attached hydrogen (secondary N) is 1. The van der Waals surface area contributed by atoms with E-state index in [1.165, 1.54) is 13.1 Å². The molecule has 23 heavy (non-hydrogen) atoms. The van der Waals surface area contributed by atoms with Crippen LogP contribution in [-0.4, -0.2) is 58.7 Å². The maximum Gasteiger partial charge on any atom is 0.277 e. The number of hydrogen-bond acceptors (Lipinski definition) is 6. The monoisotopic (exact) mass is 315 g/mol. The molecule has 3 rings (SSSR count). The fraction of sp³-hybridized carbons (Fsp3) is 0.200. The van der Waals surface area contributed by atoms with Gasteiger partial charge in [0, 0.05) is 13.1 Å². The third-order valence-corrected chi connectivity index (χ3v) is 3.72. The number of fused-ring (bicyclic) bond motifs is 1. The maximum absolute atomic E-state index is 12.2. The minimum Gasteiger partial charge on any atom is -0.395 e. The van der Waals surface area contributed by atoms with Crippen LogP contribution >= 0.6 is 0 Å². The number of imide groups is 2. The SMILES string of the molecule is CN1C(=O)c2cccc(NC3=CC(=O)N(CCO)C3=O)c2C1=O. The van der Waals surface area contributed by atoms with Gasteiger partial charge in [-0.15, -0.1) is 0 Å². The highest BCUT2D eigenvalue weighted by atomic mass is 16.3. The zero-order valence-electron chi connectivity index (χ0n) is 12.2.